The number of rotatable bonds is 3. The molecule has 1 aromatic carbocycles. The molecule has 1 saturated carbocycles. The molecule has 0 aliphatic heterocycles. The zero-order chi connectivity index (χ0) is 12.3. The molecule has 0 unspecified atom stereocenters. The van der Waals surface area contributed by atoms with Gasteiger partial charge in [0, 0.05) is 5.02 Å². The Balaban J connectivity index is 2.15. The Morgan fingerprint density at radius 2 is 2.00 bits per heavy atom. The van der Waals surface area contributed by atoms with E-state index in [0.717, 1.165) is 10.6 Å². The van der Waals surface area contributed by atoms with E-state index in [9.17, 15) is 4.79 Å². The van der Waals surface area contributed by atoms with Gasteiger partial charge in [0.15, 0.2) is 0 Å². The number of hydrogen-bond acceptors (Lipinski definition) is 1. The molecular weight excluding hydrogens is 236 g/mol. The van der Waals surface area contributed by atoms with E-state index in [-0.39, 0.29) is 6.42 Å². The second-order valence-corrected chi connectivity index (χ2v) is 5.17. The SMILES string of the molecule is O=C(O)Cc1ccc(C2CCCCC2)c(Cl)c1. The van der Waals surface area contributed by atoms with Crippen molar-refractivity contribution in [2.24, 2.45) is 0 Å². The van der Waals surface area contributed by atoms with Gasteiger partial charge in [-0.15, -0.1) is 0 Å². The minimum Gasteiger partial charge on any atom is -0.481 e. The zero-order valence-electron chi connectivity index (χ0n) is 9.79. The third-order valence-corrected chi connectivity index (χ3v) is 3.79. The molecule has 92 valence electrons. The van der Waals surface area contributed by atoms with Gasteiger partial charge in [0.1, 0.15) is 0 Å². The number of carboxylic acids is 1. The van der Waals surface area contributed by atoms with Crippen molar-refractivity contribution in [2.75, 3.05) is 0 Å². The summed E-state index contributed by atoms with van der Waals surface area (Å²) in [5, 5.41) is 9.46. The van der Waals surface area contributed by atoms with Gasteiger partial charge in [0.05, 0.1) is 6.42 Å². The van der Waals surface area contributed by atoms with Crippen LogP contribution in [0.3, 0.4) is 0 Å². The first-order chi connectivity index (χ1) is 8.16. The Morgan fingerprint density at radius 1 is 1.29 bits per heavy atom. The zero-order valence-corrected chi connectivity index (χ0v) is 10.5. The Bertz CT molecular complexity index is 409. The maximum Gasteiger partial charge on any atom is 0.307 e. The van der Waals surface area contributed by atoms with Gasteiger partial charge < -0.3 is 5.11 Å². The number of halogens is 1. The molecule has 0 spiro atoms. The first kappa shape index (κ1) is 12.4. The summed E-state index contributed by atoms with van der Waals surface area (Å²) in [6, 6.07) is 5.71. The fourth-order valence-electron chi connectivity index (χ4n) is 2.60. The first-order valence-electron chi connectivity index (χ1n) is 6.17. The van der Waals surface area contributed by atoms with Crippen LogP contribution in [0, 0.1) is 0 Å². The molecule has 0 radical (unpaired) electrons. The lowest BCUT2D eigenvalue weighted by molar-refractivity contribution is -0.136. The van der Waals surface area contributed by atoms with E-state index in [0.29, 0.717) is 5.92 Å². The fourth-order valence-corrected chi connectivity index (χ4v) is 2.96. The summed E-state index contributed by atoms with van der Waals surface area (Å²) in [6.07, 6.45) is 6.33. The van der Waals surface area contributed by atoms with Crippen LogP contribution in [0.2, 0.25) is 5.02 Å². The van der Waals surface area contributed by atoms with E-state index >= 15 is 0 Å². The van der Waals surface area contributed by atoms with Crippen molar-refractivity contribution in [2.45, 2.75) is 44.4 Å². The van der Waals surface area contributed by atoms with E-state index in [1.54, 1.807) is 6.07 Å². The predicted molar refractivity (Wildman–Crippen MR) is 68.6 cm³/mol. The van der Waals surface area contributed by atoms with Gasteiger partial charge in [-0.2, -0.15) is 0 Å². The standard InChI is InChI=1S/C14H17ClO2/c15-13-8-10(9-14(16)17)6-7-12(13)11-4-2-1-3-5-11/h6-8,11H,1-5,9H2,(H,16,17). The van der Waals surface area contributed by atoms with Crippen molar-refractivity contribution in [1.82, 2.24) is 0 Å². The summed E-state index contributed by atoms with van der Waals surface area (Å²) in [4.78, 5) is 10.6. The first-order valence-corrected chi connectivity index (χ1v) is 6.54. The van der Waals surface area contributed by atoms with Crippen LogP contribution in [0.4, 0.5) is 0 Å². The second-order valence-electron chi connectivity index (χ2n) is 4.76. The smallest absolute Gasteiger partial charge is 0.307 e. The van der Waals surface area contributed by atoms with Gasteiger partial charge in [-0.05, 0) is 36.0 Å². The third kappa shape index (κ3) is 3.22. The third-order valence-electron chi connectivity index (χ3n) is 3.47. The molecule has 3 heteroatoms. The molecule has 1 fully saturated rings. The van der Waals surface area contributed by atoms with E-state index in [1.807, 2.05) is 12.1 Å². The summed E-state index contributed by atoms with van der Waals surface area (Å²) < 4.78 is 0. The minimum absolute atomic E-state index is 0.0463. The van der Waals surface area contributed by atoms with Crippen LogP contribution >= 0.6 is 11.6 Å². The minimum atomic E-state index is -0.813. The summed E-state index contributed by atoms with van der Waals surface area (Å²) in [5.74, 6) is -0.249. The molecule has 1 aliphatic carbocycles. The van der Waals surface area contributed by atoms with Gasteiger partial charge in [-0.1, -0.05) is 43.0 Å². The van der Waals surface area contributed by atoms with Crippen LogP contribution in [0.5, 0.6) is 0 Å². The van der Waals surface area contributed by atoms with Crippen molar-refractivity contribution in [3.63, 3.8) is 0 Å². The molecule has 0 aromatic heterocycles. The average molecular weight is 253 g/mol. The van der Waals surface area contributed by atoms with Crippen LogP contribution in [-0.4, -0.2) is 11.1 Å². The summed E-state index contributed by atoms with van der Waals surface area (Å²) in [6.45, 7) is 0. The quantitative estimate of drug-likeness (QED) is 0.882. The highest BCUT2D eigenvalue weighted by molar-refractivity contribution is 6.31. The average Bonchev–Trinajstić information content (AvgIpc) is 2.29. The fraction of sp³-hybridized carbons (Fsp3) is 0.500. The van der Waals surface area contributed by atoms with Crippen molar-refractivity contribution < 1.29 is 9.90 Å². The van der Waals surface area contributed by atoms with Crippen LogP contribution in [0.1, 0.15) is 49.1 Å². The number of carboxylic acid groups (broad SMARTS) is 1. The topological polar surface area (TPSA) is 37.3 Å². The normalized spacial score (nSPS) is 17.0. The van der Waals surface area contributed by atoms with Crippen LogP contribution in [0.25, 0.3) is 0 Å². The van der Waals surface area contributed by atoms with Gasteiger partial charge in [-0.3, -0.25) is 4.79 Å². The van der Waals surface area contributed by atoms with Crippen molar-refractivity contribution in [3.8, 4) is 0 Å². The summed E-state index contributed by atoms with van der Waals surface area (Å²) >= 11 is 6.25. The van der Waals surface area contributed by atoms with Crippen LogP contribution < -0.4 is 0 Å². The van der Waals surface area contributed by atoms with E-state index in [2.05, 4.69) is 0 Å². The summed E-state index contributed by atoms with van der Waals surface area (Å²) in [7, 11) is 0. The molecule has 1 aromatic rings. The highest BCUT2D eigenvalue weighted by atomic mass is 35.5. The molecular formula is C14H17ClO2. The monoisotopic (exact) mass is 252 g/mol. The van der Waals surface area contributed by atoms with E-state index in [1.165, 1.54) is 37.7 Å². The maximum absolute atomic E-state index is 10.6. The molecule has 17 heavy (non-hydrogen) atoms. The maximum atomic E-state index is 10.6. The molecule has 0 saturated heterocycles. The van der Waals surface area contributed by atoms with Crippen LogP contribution in [-0.2, 0) is 11.2 Å². The lowest BCUT2D eigenvalue weighted by atomic mass is 9.84. The molecule has 2 nitrogen and oxygen atoms in total. The molecule has 1 aliphatic rings. The van der Waals surface area contributed by atoms with Crippen molar-refractivity contribution >= 4 is 17.6 Å². The number of benzene rings is 1. The number of aliphatic carboxylic acids is 1. The van der Waals surface area contributed by atoms with E-state index < -0.39 is 5.97 Å². The molecule has 2 rings (SSSR count). The highest BCUT2D eigenvalue weighted by Crippen LogP contribution is 2.36. The lowest BCUT2D eigenvalue weighted by Crippen LogP contribution is -2.06. The van der Waals surface area contributed by atoms with Crippen molar-refractivity contribution in [3.05, 3.63) is 34.3 Å². The summed E-state index contributed by atoms with van der Waals surface area (Å²) in [5.41, 5.74) is 1.97. The molecule has 1 N–H and O–H groups in total. The number of carbonyl (C=O) groups is 1. The van der Waals surface area contributed by atoms with Gasteiger partial charge in [0.2, 0.25) is 0 Å². The van der Waals surface area contributed by atoms with Gasteiger partial charge in [0.25, 0.3) is 0 Å². The Morgan fingerprint density at radius 3 is 2.59 bits per heavy atom. The van der Waals surface area contributed by atoms with Crippen molar-refractivity contribution in [1.29, 1.82) is 0 Å². The van der Waals surface area contributed by atoms with Gasteiger partial charge in [-0.25, -0.2) is 0 Å². The molecule has 0 amide bonds. The molecule has 0 atom stereocenters. The Kier molecular flexibility index (Phi) is 4.06. The Hall–Kier alpha value is -1.02. The van der Waals surface area contributed by atoms with Gasteiger partial charge >= 0.3 is 5.97 Å². The number of hydrogen-bond donors (Lipinski definition) is 1. The second kappa shape index (κ2) is 5.54. The highest BCUT2D eigenvalue weighted by Gasteiger charge is 2.18. The van der Waals surface area contributed by atoms with Crippen LogP contribution in [0.15, 0.2) is 18.2 Å². The lowest BCUT2D eigenvalue weighted by Gasteiger charge is -2.23. The van der Waals surface area contributed by atoms with E-state index in [4.69, 9.17) is 16.7 Å². The predicted octanol–water partition coefficient (Wildman–Crippen LogP) is 4.01. The molecule has 0 bridgehead atoms. The largest absolute Gasteiger partial charge is 0.481 e. The molecule has 0 heterocycles. The Labute approximate surface area is 107 Å².